The summed E-state index contributed by atoms with van der Waals surface area (Å²) < 4.78 is 24.9. The van der Waals surface area contributed by atoms with E-state index in [1.165, 1.54) is 0 Å². The van der Waals surface area contributed by atoms with Crippen LogP contribution in [0.15, 0.2) is 30.3 Å². The van der Waals surface area contributed by atoms with Gasteiger partial charge in [-0.2, -0.15) is 0 Å². The molecular formula is C24H38BrNO5Si. The van der Waals surface area contributed by atoms with Crippen molar-refractivity contribution in [3.63, 3.8) is 0 Å². The normalized spacial score (nSPS) is 27.4. The van der Waals surface area contributed by atoms with Crippen LogP contribution in [0.1, 0.15) is 46.6 Å². The summed E-state index contributed by atoms with van der Waals surface area (Å²) in [5.41, 5.74) is 0.958. The fourth-order valence-corrected chi connectivity index (χ4v) is 5.63. The van der Waals surface area contributed by atoms with Crippen molar-refractivity contribution in [2.75, 3.05) is 11.9 Å². The summed E-state index contributed by atoms with van der Waals surface area (Å²) in [4.78, 5) is 15.2. The van der Waals surface area contributed by atoms with Gasteiger partial charge in [0.1, 0.15) is 18.8 Å². The molecule has 0 aromatic heterocycles. The van der Waals surface area contributed by atoms with Gasteiger partial charge in [-0.05, 0) is 44.0 Å². The zero-order chi connectivity index (χ0) is 23.7. The lowest BCUT2D eigenvalue weighted by Crippen LogP contribution is -2.51. The Bertz CT molecular complexity index is 782. The molecule has 2 aliphatic heterocycles. The van der Waals surface area contributed by atoms with E-state index in [0.29, 0.717) is 6.61 Å². The van der Waals surface area contributed by atoms with Gasteiger partial charge in [-0.3, -0.25) is 4.90 Å². The second-order valence-electron chi connectivity index (χ2n) is 10.7. The number of likely N-dealkylation sites (tertiary alicyclic amines) is 1. The van der Waals surface area contributed by atoms with Crippen LogP contribution in [-0.2, 0) is 25.2 Å². The van der Waals surface area contributed by atoms with Crippen LogP contribution >= 0.6 is 15.9 Å². The molecule has 32 heavy (non-hydrogen) atoms. The SMILES string of the molecule is CC1(C)O[C@@H]2[C@H](O1)[C@@H](CCBr)N(C(=O)OCc1ccccc1)[C@H]2CO[Si](C)(C)C(C)(C)C. The number of rotatable bonds is 7. The van der Waals surface area contributed by atoms with E-state index in [1.807, 2.05) is 49.1 Å². The van der Waals surface area contributed by atoms with Crippen molar-refractivity contribution in [2.24, 2.45) is 0 Å². The van der Waals surface area contributed by atoms with E-state index in [1.54, 1.807) is 0 Å². The summed E-state index contributed by atoms with van der Waals surface area (Å²) in [5.74, 6) is -0.685. The van der Waals surface area contributed by atoms with Gasteiger partial charge in [-0.15, -0.1) is 0 Å². The van der Waals surface area contributed by atoms with Crippen LogP contribution in [0, 0.1) is 0 Å². The van der Waals surface area contributed by atoms with Crippen molar-refractivity contribution in [1.82, 2.24) is 4.90 Å². The quantitative estimate of drug-likeness (QED) is 0.336. The molecule has 0 spiro atoms. The predicted octanol–water partition coefficient (Wildman–Crippen LogP) is 5.70. The Kier molecular flexibility index (Phi) is 7.82. The van der Waals surface area contributed by atoms with E-state index in [4.69, 9.17) is 18.6 Å². The van der Waals surface area contributed by atoms with Crippen LogP contribution in [0.25, 0.3) is 0 Å². The Morgan fingerprint density at radius 3 is 2.28 bits per heavy atom. The number of carbonyl (C=O) groups excluding carboxylic acids is 1. The fraction of sp³-hybridized carbons (Fsp3) is 0.708. The number of alkyl halides is 1. The van der Waals surface area contributed by atoms with Gasteiger partial charge in [0, 0.05) is 5.33 Å². The van der Waals surface area contributed by atoms with Crippen molar-refractivity contribution >= 4 is 30.3 Å². The van der Waals surface area contributed by atoms with E-state index in [2.05, 4.69) is 49.8 Å². The van der Waals surface area contributed by atoms with Crippen molar-refractivity contribution < 1.29 is 23.4 Å². The summed E-state index contributed by atoms with van der Waals surface area (Å²) in [7, 11) is -2.01. The number of halogens is 1. The lowest BCUT2D eigenvalue weighted by Gasteiger charge is -2.39. The van der Waals surface area contributed by atoms with Gasteiger partial charge in [0.2, 0.25) is 0 Å². The maximum Gasteiger partial charge on any atom is 0.410 e. The minimum atomic E-state index is -2.01. The predicted molar refractivity (Wildman–Crippen MR) is 131 cm³/mol. The maximum atomic E-state index is 13.4. The van der Waals surface area contributed by atoms with Crippen LogP contribution in [0.4, 0.5) is 4.79 Å². The smallest absolute Gasteiger partial charge is 0.410 e. The third-order valence-corrected chi connectivity index (χ3v) is 11.8. The molecule has 0 bridgehead atoms. The van der Waals surface area contributed by atoms with Crippen LogP contribution < -0.4 is 0 Å². The number of amides is 1. The van der Waals surface area contributed by atoms with E-state index in [-0.39, 0.29) is 42.0 Å². The molecule has 8 heteroatoms. The third kappa shape index (κ3) is 5.58. The van der Waals surface area contributed by atoms with Crippen LogP contribution in [-0.4, -0.2) is 61.3 Å². The number of hydrogen-bond donors (Lipinski definition) is 0. The fourth-order valence-electron chi connectivity index (χ4n) is 4.14. The number of fused-ring (bicyclic) bond motifs is 1. The van der Waals surface area contributed by atoms with E-state index >= 15 is 0 Å². The lowest BCUT2D eigenvalue weighted by atomic mass is 10.1. The molecule has 180 valence electrons. The summed E-state index contributed by atoms with van der Waals surface area (Å²) in [6.45, 7) is 15.6. The van der Waals surface area contributed by atoms with Crippen molar-refractivity contribution in [1.29, 1.82) is 0 Å². The van der Waals surface area contributed by atoms with Gasteiger partial charge in [-0.25, -0.2) is 4.79 Å². The van der Waals surface area contributed by atoms with E-state index < -0.39 is 14.1 Å². The first-order valence-electron chi connectivity index (χ1n) is 11.4. The summed E-state index contributed by atoms with van der Waals surface area (Å²) in [6.07, 6.45) is -0.0524. The number of benzene rings is 1. The average molecular weight is 529 g/mol. The molecule has 0 aliphatic carbocycles. The Hall–Kier alpha value is -0.933. The minimum Gasteiger partial charge on any atom is -0.445 e. The Balaban J connectivity index is 1.83. The molecule has 0 saturated carbocycles. The molecule has 1 aromatic rings. The molecular weight excluding hydrogens is 490 g/mol. The molecule has 2 aliphatic rings. The lowest BCUT2D eigenvalue weighted by molar-refractivity contribution is -0.167. The summed E-state index contributed by atoms with van der Waals surface area (Å²) >= 11 is 3.55. The molecule has 2 heterocycles. The zero-order valence-electron chi connectivity index (χ0n) is 20.4. The first-order chi connectivity index (χ1) is 14.9. The Morgan fingerprint density at radius 2 is 1.72 bits per heavy atom. The highest BCUT2D eigenvalue weighted by Gasteiger charge is 2.59. The number of hydrogen-bond acceptors (Lipinski definition) is 5. The Morgan fingerprint density at radius 1 is 1.12 bits per heavy atom. The number of ether oxygens (including phenoxy) is 3. The second-order valence-corrected chi connectivity index (χ2v) is 16.3. The summed E-state index contributed by atoms with van der Waals surface area (Å²) in [5, 5.41) is 0.828. The number of carbonyl (C=O) groups is 1. The largest absolute Gasteiger partial charge is 0.445 e. The van der Waals surface area contributed by atoms with Gasteiger partial charge >= 0.3 is 6.09 Å². The van der Waals surface area contributed by atoms with Gasteiger partial charge < -0.3 is 18.6 Å². The topological polar surface area (TPSA) is 57.2 Å². The van der Waals surface area contributed by atoms with Gasteiger partial charge in [0.25, 0.3) is 0 Å². The van der Waals surface area contributed by atoms with Crippen molar-refractivity contribution in [2.45, 2.75) is 95.9 Å². The molecule has 1 aromatic carbocycles. The maximum absolute atomic E-state index is 13.4. The third-order valence-electron chi connectivity index (χ3n) is 6.88. The van der Waals surface area contributed by atoms with Gasteiger partial charge in [0.15, 0.2) is 14.1 Å². The molecule has 0 N–H and O–H groups in total. The standard InChI is InChI=1S/C24H38BrNO5Si/c1-23(2,3)32(6,7)29-16-19-21-20(30-24(4,5)31-21)18(13-14-25)26(19)22(27)28-15-17-11-9-8-10-12-17/h8-12,18-21H,13-16H2,1-7H3/t18-,19+,20-,21+/m1/s1. The molecule has 6 nitrogen and oxygen atoms in total. The van der Waals surface area contributed by atoms with Crippen LogP contribution in [0.2, 0.25) is 18.1 Å². The molecule has 0 unspecified atom stereocenters. The number of nitrogens with zero attached hydrogens (tertiary/aromatic N) is 1. The first-order valence-corrected chi connectivity index (χ1v) is 15.4. The highest BCUT2D eigenvalue weighted by atomic mass is 79.9. The molecule has 1 amide bonds. The molecule has 4 atom stereocenters. The first kappa shape index (κ1) is 25.7. The second kappa shape index (κ2) is 9.74. The highest BCUT2D eigenvalue weighted by molar-refractivity contribution is 9.09. The van der Waals surface area contributed by atoms with Crippen molar-refractivity contribution in [3.05, 3.63) is 35.9 Å². The molecule has 2 fully saturated rings. The Labute approximate surface area is 202 Å². The minimum absolute atomic E-state index is 0.0746. The molecule has 2 saturated heterocycles. The molecule has 3 rings (SSSR count). The van der Waals surface area contributed by atoms with E-state index in [0.717, 1.165) is 17.3 Å². The summed E-state index contributed by atoms with van der Waals surface area (Å²) in [6, 6.07) is 9.33. The average Bonchev–Trinajstić information content (AvgIpc) is 3.15. The van der Waals surface area contributed by atoms with Crippen LogP contribution in [0.3, 0.4) is 0 Å². The highest BCUT2D eigenvalue weighted by Crippen LogP contribution is 2.43. The van der Waals surface area contributed by atoms with Gasteiger partial charge in [-0.1, -0.05) is 67.0 Å². The van der Waals surface area contributed by atoms with E-state index in [9.17, 15) is 4.79 Å². The monoisotopic (exact) mass is 527 g/mol. The van der Waals surface area contributed by atoms with Gasteiger partial charge in [0.05, 0.1) is 18.7 Å². The van der Waals surface area contributed by atoms with Crippen LogP contribution in [0.5, 0.6) is 0 Å². The zero-order valence-corrected chi connectivity index (χ0v) is 23.0. The van der Waals surface area contributed by atoms with Crippen molar-refractivity contribution in [3.8, 4) is 0 Å². The molecule has 0 radical (unpaired) electrons.